The molecule has 2 aliphatic rings. The van der Waals surface area contributed by atoms with Crippen molar-refractivity contribution < 1.29 is 36.6 Å². The van der Waals surface area contributed by atoms with Crippen molar-refractivity contribution in [2.24, 2.45) is 0 Å². The summed E-state index contributed by atoms with van der Waals surface area (Å²) in [6.45, 7) is 6.65. The molecule has 0 N–H and O–H groups in total. The minimum atomic E-state index is -1.53. The Bertz CT molecular complexity index is 827. The maximum absolute atomic E-state index is 14.4. The van der Waals surface area contributed by atoms with E-state index in [0.717, 1.165) is 4.90 Å². The number of Topliss-reactive ketones (excluding diaryl/α,β-unsaturated/α-hetero) is 1. The topological polar surface area (TPSA) is 59.1 Å². The Balaban J connectivity index is 1.88. The molecule has 1 amide bonds. The van der Waals surface area contributed by atoms with E-state index in [-0.39, 0.29) is 31.4 Å². The first-order valence-corrected chi connectivity index (χ1v) is 10.1. The van der Waals surface area contributed by atoms with Crippen molar-refractivity contribution in [3.63, 3.8) is 0 Å². The van der Waals surface area contributed by atoms with Crippen LogP contribution < -0.4 is 0 Å². The predicted molar refractivity (Wildman–Crippen MR) is 103 cm³/mol. The number of morpholine rings is 1. The fourth-order valence-electron chi connectivity index (χ4n) is 3.91. The molecular formula is C21H26F4N2O4. The Morgan fingerprint density at radius 3 is 2.23 bits per heavy atom. The number of carbonyl (C=O) groups excluding carboxylic acids is 2. The van der Waals surface area contributed by atoms with Crippen molar-refractivity contribution in [1.82, 2.24) is 9.80 Å². The second-order valence-electron chi connectivity index (χ2n) is 8.82. The standard InChI is InChI=1S/C21H26F4N2O4/c1-21(2,3)31-20(29)27-10-12(17-18(24)13(22)9-14(23)19(17)25)8-15(27)16(28)11-26-4-6-30-7-5-26/h9,12,15H,4-8,10-11H2,1-3H3/t12-,15?/m0/s1. The molecule has 31 heavy (non-hydrogen) atoms. The number of likely N-dealkylation sites (tertiary alicyclic amines) is 1. The number of ketones is 1. The normalized spacial score (nSPS) is 22.6. The van der Waals surface area contributed by atoms with Gasteiger partial charge < -0.3 is 9.47 Å². The molecule has 2 heterocycles. The molecule has 1 aromatic carbocycles. The summed E-state index contributed by atoms with van der Waals surface area (Å²) in [5, 5.41) is 0. The van der Waals surface area contributed by atoms with E-state index in [1.54, 1.807) is 20.8 Å². The van der Waals surface area contributed by atoms with Crippen LogP contribution in [0, 0.1) is 23.3 Å². The minimum Gasteiger partial charge on any atom is -0.444 e. The van der Waals surface area contributed by atoms with E-state index in [4.69, 9.17) is 9.47 Å². The molecule has 0 radical (unpaired) electrons. The van der Waals surface area contributed by atoms with Gasteiger partial charge in [0.15, 0.2) is 29.1 Å². The molecular weight excluding hydrogens is 420 g/mol. The van der Waals surface area contributed by atoms with E-state index in [2.05, 4.69) is 0 Å². The van der Waals surface area contributed by atoms with E-state index in [0.29, 0.717) is 26.3 Å². The summed E-state index contributed by atoms with van der Waals surface area (Å²) in [5.41, 5.74) is -1.67. The number of amides is 1. The predicted octanol–water partition coefficient (Wildman–Crippen LogP) is 3.24. The highest BCUT2D eigenvalue weighted by atomic mass is 19.2. The fraction of sp³-hybridized carbons (Fsp3) is 0.619. The molecule has 1 aromatic rings. The van der Waals surface area contributed by atoms with Gasteiger partial charge in [0, 0.05) is 37.2 Å². The van der Waals surface area contributed by atoms with Crippen LogP contribution >= 0.6 is 0 Å². The third-order valence-electron chi connectivity index (χ3n) is 5.34. The summed E-state index contributed by atoms with van der Waals surface area (Å²) < 4.78 is 66.8. The molecule has 10 heteroatoms. The quantitative estimate of drug-likeness (QED) is 0.525. The van der Waals surface area contributed by atoms with Crippen molar-refractivity contribution in [1.29, 1.82) is 0 Å². The minimum absolute atomic E-state index is 0.0164. The zero-order valence-electron chi connectivity index (χ0n) is 17.7. The van der Waals surface area contributed by atoms with Crippen molar-refractivity contribution in [2.45, 2.75) is 44.8 Å². The van der Waals surface area contributed by atoms with Crippen molar-refractivity contribution in [3.8, 4) is 0 Å². The van der Waals surface area contributed by atoms with Crippen LogP contribution in [-0.2, 0) is 14.3 Å². The zero-order valence-corrected chi connectivity index (χ0v) is 17.7. The number of benzene rings is 1. The number of ether oxygens (including phenoxy) is 2. The summed E-state index contributed by atoms with van der Waals surface area (Å²) in [7, 11) is 0. The Hall–Kier alpha value is -2.20. The van der Waals surface area contributed by atoms with Crippen LogP contribution in [0.15, 0.2) is 6.07 Å². The largest absolute Gasteiger partial charge is 0.444 e. The lowest BCUT2D eigenvalue weighted by Crippen LogP contribution is -2.48. The highest BCUT2D eigenvalue weighted by Crippen LogP contribution is 2.37. The van der Waals surface area contributed by atoms with Gasteiger partial charge in [-0.3, -0.25) is 14.6 Å². The average Bonchev–Trinajstić information content (AvgIpc) is 3.11. The number of hydrogen-bond acceptors (Lipinski definition) is 5. The maximum Gasteiger partial charge on any atom is 0.410 e. The SMILES string of the molecule is CC(C)(C)OC(=O)N1C[C@@H](c2c(F)c(F)cc(F)c2F)CC1C(=O)CN1CCOCC1. The van der Waals surface area contributed by atoms with Gasteiger partial charge in [0.05, 0.1) is 25.8 Å². The number of nitrogens with zero attached hydrogens (tertiary/aromatic N) is 2. The molecule has 0 saturated carbocycles. The van der Waals surface area contributed by atoms with Crippen molar-refractivity contribution in [2.75, 3.05) is 39.4 Å². The Kier molecular flexibility index (Phi) is 6.90. The van der Waals surface area contributed by atoms with Gasteiger partial charge in [-0.15, -0.1) is 0 Å². The maximum atomic E-state index is 14.4. The van der Waals surface area contributed by atoms with Crippen LogP contribution in [0.2, 0.25) is 0 Å². The second-order valence-corrected chi connectivity index (χ2v) is 8.82. The first-order chi connectivity index (χ1) is 14.5. The van der Waals surface area contributed by atoms with Gasteiger partial charge in [0.25, 0.3) is 0 Å². The van der Waals surface area contributed by atoms with Crippen LogP contribution in [0.5, 0.6) is 0 Å². The summed E-state index contributed by atoms with van der Waals surface area (Å²) in [6, 6.07) is -0.900. The summed E-state index contributed by atoms with van der Waals surface area (Å²) in [5.74, 6) is -7.53. The monoisotopic (exact) mass is 446 g/mol. The molecule has 0 bridgehead atoms. The molecule has 0 aliphatic carbocycles. The first kappa shape index (κ1) is 23.5. The highest BCUT2D eigenvalue weighted by molar-refractivity contribution is 5.89. The number of carbonyl (C=O) groups is 2. The molecule has 2 saturated heterocycles. The summed E-state index contributed by atoms with van der Waals surface area (Å²) in [4.78, 5) is 28.7. The Morgan fingerprint density at radius 1 is 1.10 bits per heavy atom. The lowest BCUT2D eigenvalue weighted by molar-refractivity contribution is -0.125. The van der Waals surface area contributed by atoms with Crippen molar-refractivity contribution in [3.05, 3.63) is 34.9 Å². The highest BCUT2D eigenvalue weighted by Gasteiger charge is 2.44. The van der Waals surface area contributed by atoms with Gasteiger partial charge in [-0.2, -0.15) is 0 Å². The van der Waals surface area contributed by atoms with Crippen LogP contribution in [0.25, 0.3) is 0 Å². The zero-order chi connectivity index (χ0) is 22.9. The van der Waals surface area contributed by atoms with Crippen LogP contribution in [-0.4, -0.2) is 72.7 Å². The molecule has 1 unspecified atom stereocenters. The smallest absolute Gasteiger partial charge is 0.410 e. The van der Waals surface area contributed by atoms with Gasteiger partial charge >= 0.3 is 6.09 Å². The van der Waals surface area contributed by atoms with Gasteiger partial charge in [0.2, 0.25) is 0 Å². The molecule has 172 valence electrons. The average molecular weight is 446 g/mol. The lowest BCUT2D eigenvalue weighted by Gasteiger charge is -2.30. The number of rotatable bonds is 4. The van der Waals surface area contributed by atoms with Gasteiger partial charge in [0.1, 0.15) is 5.60 Å². The molecule has 0 spiro atoms. The molecule has 6 nitrogen and oxygen atoms in total. The van der Waals surface area contributed by atoms with Crippen LogP contribution in [0.1, 0.15) is 38.7 Å². The Labute approximate surface area is 178 Å². The Morgan fingerprint density at radius 2 is 1.68 bits per heavy atom. The number of hydrogen-bond donors (Lipinski definition) is 0. The second kappa shape index (κ2) is 9.12. The number of halogens is 4. The molecule has 2 fully saturated rings. The van der Waals surface area contributed by atoms with E-state index < -0.39 is 52.5 Å². The summed E-state index contributed by atoms with van der Waals surface area (Å²) >= 11 is 0. The van der Waals surface area contributed by atoms with E-state index in [1.165, 1.54) is 0 Å². The fourth-order valence-corrected chi connectivity index (χ4v) is 3.91. The third-order valence-corrected chi connectivity index (χ3v) is 5.34. The van der Waals surface area contributed by atoms with Gasteiger partial charge in [-0.1, -0.05) is 0 Å². The van der Waals surface area contributed by atoms with Crippen LogP contribution in [0.3, 0.4) is 0 Å². The molecule has 2 aliphatic heterocycles. The molecule has 3 rings (SSSR count). The molecule has 0 aromatic heterocycles. The van der Waals surface area contributed by atoms with E-state index in [9.17, 15) is 27.2 Å². The van der Waals surface area contributed by atoms with Crippen LogP contribution in [0.4, 0.5) is 22.4 Å². The lowest BCUT2D eigenvalue weighted by atomic mass is 9.93. The first-order valence-electron chi connectivity index (χ1n) is 10.1. The summed E-state index contributed by atoms with van der Waals surface area (Å²) in [6.07, 6.45) is -0.993. The molecule has 2 atom stereocenters. The van der Waals surface area contributed by atoms with E-state index >= 15 is 0 Å². The van der Waals surface area contributed by atoms with Gasteiger partial charge in [-0.25, -0.2) is 22.4 Å². The van der Waals surface area contributed by atoms with Gasteiger partial charge in [-0.05, 0) is 27.2 Å². The van der Waals surface area contributed by atoms with E-state index in [1.807, 2.05) is 4.90 Å². The van der Waals surface area contributed by atoms with Crippen molar-refractivity contribution >= 4 is 11.9 Å². The third kappa shape index (κ3) is 5.35.